The van der Waals surface area contributed by atoms with Gasteiger partial charge in [-0.25, -0.2) is 9.78 Å². The first-order valence-electron chi connectivity index (χ1n) is 6.97. The van der Waals surface area contributed by atoms with Gasteiger partial charge in [0.2, 0.25) is 0 Å². The van der Waals surface area contributed by atoms with E-state index in [-0.39, 0.29) is 11.3 Å². The third-order valence-electron chi connectivity index (χ3n) is 3.27. The molecule has 1 N–H and O–H groups in total. The van der Waals surface area contributed by atoms with E-state index in [4.69, 9.17) is 5.11 Å². The Kier molecular flexibility index (Phi) is 4.45. The van der Waals surface area contributed by atoms with Gasteiger partial charge in [-0.15, -0.1) is 24.5 Å². The molecule has 0 amide bonds. The number of alkyl halides is 3. The van der Waals surface area contributed by atoms with Crippen LogP contribution in [0.5, 0.6) is 5.75 Å². The number of carbonyl (C=O) groups is 1. The Balaban J connectivity index is 1.80. The maximum Gasteiger partial charge on any atom is 0.573 e. The van der Waals surface area contributed by atoms with Crippen LogP contribution >= 0.6 is 11.3 Å². The number of carboxylic acids is 1. The topological polar surface area (TPSA) is 59.4 Å². The van der Waals surface area contributed by atoms with Crippen molar-refractivity contribution < 1.29 is 27.8 Å². The molecule has 0 saturated carbocycles. The van der Waals surface area contributed by atoms with Gasteiger partial charge in [-0.2, -0.15) is 0 Å². The molecule has 0 bridgehead atoms. The van der Waals surface area contributed by atoms with Crippen LogP contribution in [0.15, 0.2) is 53.9 Å². The minimum atomic E-state index is -4.72. The van der Waals surface area contributed by atoms with Crippen molar-refractivity contribution in [1.29, 1.82) is 0 Å². The average Bonchev–Trinajstić information content (AvgIpc) is 3.04. The molecule has 128 valence electrons. The summed E-state index contributed by atoms with van der Waals surface area (Å²) >= 11 is 1.36. The fraction of sp³-hybridized carbons (Fsp3) is 0.0588. The predicted octanol–water partition coefficient (Wildman–Crippen LogP) is 5.07. The van der Waals surface area contributed by atoms with Crippen molar-refractivity contribution in [3.8, 4) is 27.6 Å². The Bertz CT molecular complexity index is 887. The number of rotatable bonds is 4. The second-order valence-corrected chi connectivity index (χ2v) is 5.85. The van der Waals surface area contributed by atoms with Crippen molar-refractivity contribution >= 4 is 17.3 Å². The molecule has 0 atom stereocenters. The number of benzene rings is 2. The molecule has 3 aromatic rings. The summed E-state index contributed by atoms with van der Waals surface area (Å²) in [5.74, 6) is -1.30. The van der Waals surface area contributed by atoms with E-state index >= 15 is 0 Å². The summed E-state index contributed by atoms with van der Waals surface area (Å²) in [7, 11) is 0. The van der Waals surface area contributed by atoms with E-state index in [0.29, 0.717) is 16.3 Å². The Morgan fingerprint density at radius 3 is 2.16 bits per heavy atom. The van der Waals surface area contributed by atoms with Gasteiger partial charge in [-0.05, 0) is 36.4 Å². The fourth-order valence-corrected chi connectivity index (χ4v) is 2.96. The van der Waals surface area contributed by atoms with Crippen LogP contribution in [-0.4, -0.2) is 22.4 Å². The normalized spacial score (nSPS) is 11.3. The smallest absolute Gasteiger partial charge is 0.478 e. The van der Waals surface area contributed by atoms with Crippen LogP contribution in [0.4, 0.5) is 13.2 Å². The molecular formula is C17H10F3NO3S. The summed E-state index contributed by atoms with van der Waals surface area (Å²) < 4.78 is 40.3. The van der Waals surface area contributed by atoms with Crippen molar-refractivity contribution in [3.63, 3.8) is 0 Å². The molecule has 0 aliphatic rings. The molecule has 25 heavy (non-hydrogen) atoms. The molecule has 0 aliphatic heterocycles. The molecule has 8 heteroatoms. The van der Waals surface area contributed by atoms with E-state index in [9.17, 15) is 18.0 Å². The molecule has 0 unspecified atom stereocenters. The van der Waals surface area contributed by atoms with Crippen molar-refractivity contribution in [2.24, 2.45) is 0 Å². The summed E-state index contributed by atoms with van der Waals surface area (Å²) in [6, 6.07) is 11.7. The SMILES string of the molecule is O=C(O)c1ccc(-c2nc(-c3ccc(OC(F)(F)F)cc3)cs2)cc1. The third-order valence-corrected chi connectivity index (χ3v) is 4.16. The number of aromatic carboxylic acids is 1. The number of carboxylic acid groups (broad SMARTS) is 1. The van der Waals surface area contributed by atoms with E-state index < -0.39 is 12.3 Å². The second-order valence-electron chi connectivity index (χ2n) is 4.99. The van der Waals surface area contributed by atoms with Crippen molar-refractivity contribution in [2.75, 3.05) is 0 Å². The average molecular weight is 365 g/mol. The van der Waals surface area contributed by atoms with Gasteiger partial charge in [0.25, 0.3) is 0 Å². The van der Waals surface area contributed by atoms with Gasteiger partial charge in [0.15, 0.2) is 0 Å². The molecule has 0 radical (unpaired) electrons. The molecule has 3 rings (SSSR count). The third kappa shape index (κ3) is 4.16. The zero-order valence-electron chi connectivity index (χ0n) is 12.4. The van der Waals surface area contributed by atoms with Crippen LogP contribution in [0.3, 0.4) is 0 Å². The lowest BCUT2D eigenvalue weighted by atomic mass is 10.1. The molecule has 1 aromatic heterocycles. The van der Waals surface area contributed by atoms with Crippen LogP contribution in [0, 0.1) is 0 Å². The summed E-state index contributed by atoms with van der Waals surface area (Å²) in [5, 5.41) is 11.4. The molecule has 0 aliphatic carbocycles. The molecule has 2 aromatic carbocycles. The molecule has 1 heterocycles. The monoisotopic (exact) mass is 365 g/mol. The lowest BCUT2D eigenvalue weighted by Crippen LogP contribution is -2.16. The number of hydrogen-bond acceptors (Lipinski definition) is 4. The number of halogens is 3. The van der Waals surface area contributed by atoms with Crippen LogP contribution in [0.2, 0.25) is 0 Å². The van der Waals surface area contributed by atoms with Gasteiger partial charge in [-0.3, -0.25) is 0 Å². The Hall–Kier alpha value is -2.87. The first-order valence-corrected chi connectivity index (χ1v) is 7.85. The summed E-state index contributed by atoms with van der Waals surface area (Å²) in [6.45, 7) is 0. The van der Waals surface area contributed by atoms with E-state index in [1.807, 2.05) is 0 Å². The largest absolute Gasteiger partial charge is 0.573 e. The predicted molar refractivity (Wildman–Crippen MR) is 86.6 cm³/mol. The number of hydrogen-bond donors (Lipinski definition) is 1. The van der Waals surface area contributed by atoms with Crippen molar-refractivity contribution in [2.45, 2.75) is 6.36 Å². The van der Waals surface area contributed by atoms with Crippen LogP contribution in [0.25, 0.3) is 21.8 Å². The zero-order chi connectivity index (χ0) is 18.0. The van der Waals surface area contributed by atoms with Gasteiger partial charge in [0.1, 0.15) is 10.8 Å². The number of thiazole rings is 1. The Labute approximate surface area is 144 Å². The summed E-state index contributed by atoms with van der Waals surface area (Å²) in [5.41, 5.74) is 2.21. The fourth-order valence-electron chi connectivity index (χ4n) is 2.12. The van der Waals surface area contributed by atoms with Crippen molar-refractivity contribution in [3.05, 3.63) is 59.5 Å². The minimum Gasteiger partial charge on any atom is -0.478 e. The van der Waals surface area contributed by atoms with E-state index in [2.05, 4.69) is 9.72 Å². The standard InChI is InChI=1S/C17H10F3NO3S/c18-17(19,20)24-13-7-5-10(6-8-13)14-9-25-15(21-14)11-1-3-12(4-2-11)16(22)23/h1-9H,(H,22,23). The lowest BCUT2D eigenvalue weighted by Gasteiger charge is -2.08. The van der Waals surface area contributed by atoms with Crippen molar-refractivity contribution in [1.82, 2.24) is 4.98 Å². The first-order chi connectivity index (χ1) is 11.8. The highest BCUT2D eigenvalue weighted by Gasteiger charge is 2.30. The number of aromatic nitrogens is 1. The highest BCUT2D eigenvalue weighted by molar-refractivity contribution is 7.13. The van der Waals surface area contributed by atoms with E-state index in [0.717, 1.165) is 5.56 Å². The Morgan fingerprint density at radius 1 is 1.00 bits per heavy atom. The highest BCUT2D eigenvalue weighted by atomic mass is 32.1. The number of nitrogens with zero attached hydrogens (tertiary/aromatic N) is 1. The number of ether oxygens (including phenoxy) is 1. The van der Waals surface area contributed by atoms with Crippen LogP contribution in [-0.2, 0) is 0 Å². The highest BCUT2D eigenvalue weighted by Crippen LogP contribution is 2.31. The molecule has 4 nitrogen and oxygen atoms in total. The molecular weight excluding hydrogens is 355 g/mol. The minimum absolute atomic E-state index is 0.181. The maximum atomic E-state index is 12.2. The van der Waals surface area contributed by atoms with E-state index in [1.165, 1.54) is 47.7 Å². The molecule has 0 fully saturated rings. The first kappa shape index (κ1) is 17.0. The zero-order valence-corrected chi connectivity index (χ0v) is 13.3. The van der Waals surface area contributed by atoms with Gasteiger partial charge in [0, 0.05) is 16.5 Å². The van der Waals surface area contributed by atoms with Gasteiger partial charge < -0.3 is 9.84 Å². The Morgan fingerprint density at radius 2 is 1.60 bits per heavy atom. The van der Waals surface area contributed by atoms with Crippen LogP contribution < -0.4 is 4.74 Å². The maximum absolute atomic E-state index is 12.2. The lowest BCUT2D eigenvalue weighted by molar-refractivity contribution is -0.274. The molecule has 0 saturated heterocycles. The second kappa shape index (κ2) is 6.56. The van der Waals surface area contributed by atoms with Gasteiger partial charge in [-0.1, -0.05) is 12.1 Å². The van der Waals surface area contributed by atoms with Crippen LogP contribution in [0.1, 0.15) is 10.4 Å². The van der Waals surface area contributed by atoms with Gasteiger partial charge >= 0.3 is 12.3 Å². The summed E-state index contributed by atoms with van der Waals surface area (Å²) in [6.07, 6.45) is -4.72. The summed E-state index contributed by atoms with van der Waals surface area (Å²) in [4.78, 5) is 15.3. The van der Waals surface area contributed by atoms with Gasteiger partial charge in [0.05, 0.1) is 11.3 Å². The van der Waals surface area contributed by atoms with E-state index in [1.54, 1.807) is 17.5 Å². The quantitative estimate of drug-likeness (QED) is 0.701. The molecule has 0 spiro atoms.